The van der Waals surface area contributed by atoms with E-state index >= 15 is 0 Å². The highest BCUT2D eigenvalue weighted by Gasteiger charge is 2.11. The Kier molecular flexibility index (Phi) is 5.14. The molecule has 1 aromatic carbocycles. The largest absolute Gasteiger partial charge is 0.489 e. The minimum atomic E-state index is -0.300. The van der Waals surface area contributed by atoms with Gasteiger partial charge in [-0.3, -0.25) is 9.48 Å². The molecule has 0 unspecified atom stereocenters. The van der Waals surface area contributed by atoms with E-state index in [0.717, 1.165) is 16.8 Å². The highest BCUT2D eigenvalue weighted by Crippen LogP contribution is 2.18. The molecule has 5 nitrogen and oxygen atoms in total. The number of nitrogens with zero attached hydrogens (tertiary/aromatic N) is 2. The van der Waals surface area contributed by atoms with E-state index in [9.17, 15) is 9.18 Å². The number of rotatable bonds is 6. The van der Waals surface area contributed by atoms with Crippen LogP contribution in [0.25, 0.3) is 0 Å². The number of thiophene rings is 1. The molecule has 1 N–H and O–H groups in total. The molecule has 2 aromatic heterocycles. The molecule has 0 fully saturated rings. The number of aryl methyl sites for hydroxylation is 1. The third kappa shape index (κ3) is 4.24. The second-order valence-electron chi connectivity index (χ2n) is 5.62. The molecule has 0 aliphatic rings. The standard InChI is InChI=1S/C18H18FN3O2S/c1-12-14(9-21-22(12)2)8-20-18(23)17-7-13(11-25-17)10-24-16-5-3-15(19)4-6-16/h3-7,9,11H,8,10H2,1-2H3,(H,20,23). The number of amides is 1. The summed E-state index contributed by atoms with van der Waals surface area (Å²) in [5, 5.41) is 8.94. The van der Waals surface area contributed by atoms with Gasteiger partial charge in [0.05, 0.1) is 11.1 Å². The van der Waals surface area contributed by atoms with Gasteiger partial charge in [-0.2, -0.15) is 5.10 Å². The van der Waals surface area contributed by atoms with E-state index in [0.29, 0.717) is 23.8 Å². The number of benzene rings is 1. The number of ether oxygens (including phenoxy) is 1. The van der Waals surface area contributed by atoms with Gasteiger partial charge >= 0.3 is 0 Å². The molecule has 0 aliphatic heterocycles. The molecular formula is C18H18FN3O2S. The summed E-state index contributed by atoms with van der Waals surface area (Å²) in [6.45, 7) is 2.74. The number of halogens is 1. The zero-order valence-electron chi connectivity index (χ0n) is 14.0. The highest BCUT2D eigenvalue weighted by molar-refractivity contribution is 7.12. The fourth-order valence-electron chi connectivity index (χ4n) is 2.25. The van der Waals surface area contributed by atoms with Crippen molar-refractivity contribution in [3.63, 3.8) is 0 Å². The summed E-state index contributed by atoms with van der Waals surface area (Å²) < 4.78 is 20.2. The molecule has 130 valence electrons. The quantitative estimate of drug-likeness (QED) is 0.733. The molecule has 0 saturated carbocycles. The highest BCUT2D eigenvalue weighted by atomic mass is 32.1. The van der Waals surface area contributed by atoms with Crippen LogP contribution in [-0.2, 0) is 20.2 Å². The Bertz CT molecular complexity index is 871. The fourth-order valence-corrected chi connectivity index (χ4v) is 3.06. The lowest BCUT2D eigenvalue weighted by atomic mass is 10.2. The molecular weight excluding hydrogens is 341 g/mol. The lowest BCUT2D eigenvalue weighted by Crippen LogP contribution is -2.22. The Morgan fingerprint density at radius 3 is 2.80 bits per heavy atom. The first-order valence-corrected chi connectivity index (χ1v) is 8.62. The normalized spacial score (nSPS) is 10.7. The number of aromatic nitrogens is 2. The zero-order chi connectivity index (χ0) is 17.8. The van der Waals surface area contributed by atoms with Gasteiger partial charge in [-0.1, -0.05) is 0 Å². The van der Waals surface area contributed by atoms with Crippen molar-refractivity contribution in [3.05, 3.63) is 69.4 Å². The SMILES string of the molecule is Cc1c(CNC(=O)c2cc(COc3ccc(F)cc3)cs2)cnn1C. The Morgan fingerprint density at radius 1 is 1.36 bits per heavy atom. The molecule has 0 bridgehead atoms. The topological polar surface area (TPSA) is 56.1 Å². The van der Waals surface area contributed by atoms with E-state index in [-0.39, 0.29) is 11.7 Å². The van der Waals surface area contributed by atoms with Gasteiger partial charge < -0.3 is 10.1 Å². The molecule has 1 amide bonds. The maximum atomic E-state index is 12.9. The first kappa shape index (κ1) is 17.2. The van der Waals surface area contributed by atoms with Gasteiger partial charge in [-0.25, -0.2) is 4.39 Å². The van der Waals surface area contributed by atoms with E-state index in [1.807, 2.05) is 19.4 Å². The summed E-state index contributed by atoms with van der Waals surface area (Å²) >= 11 is 1.37. The van der Waals surface area contributed by atoms with Gasteiger partial charge in [0.15, 0.2) is 0 Å². The fraction of sp³-hybridized carbons (Fsp3) is 0.222. The van der Waals surface area contributed by atoms with Crippen LogP contribution in [0.5, 0.6) is 5.75 Å². The summed E-state index contributed by atoms with van der Waals surface area (Å²) in [6.07, 6.45) is 1.76. The van der Waals surface area contributed by atoms with Crippen molar-refractivity contribution in [3.8, 4) is 5.75 Å². The van der Waals surface area contributed by atoms with E-state index in [1.165, 1.54) is 23.5 Å². The molecule has 2 heterocycles. The Labute approximate surface area is 149 Å². The minimum absolute atomic E-state index is 0.124. The summed E-state index contributed by atoms with van der Waals surface area (Å²) in [5.41, 5.74) is 2.92. The van der Waals surface area contributed by atoms with Crippen molar-refractivity contribution >= 4 is 17.2 Å². The van der Waals surface area contributed by atoms with Crippen LogP contribution in [-0.4, -0.2) is 15.7 Å². The van der Waals surface area contributed by atoms with Crippen molar-refractivity contribution in [2.24, 2.45) is 7.05 Å². The van der Waals surface area contributed by atoms with Gasteiger partial charge in [0.2, 0.25) is 0 Å². The molecule has 0 atom stereocenters. The number of carbonyl (C=O) groups excluding carboxylic acids is 1. The molecule has 7 heteroatoms. The predicted molar refractivity (Wildman–Crippen MR) is 94.2 cm³/mol. The third-order valence-corrected chi connectivity index (χ3v) is 4.85. The maximum Gasteiger partial charge on any atom is 0.261 e. The van der Waals surface area contributed by atoms with E-state index in [2.05, 4.69) is 10.4 Å². The van der Waals surface area contributed by atoms with Gasteiger partial charge in [0.1, 0.15) is 18.2 Å². The second kappa shape index (κ2) is 7.48. The van der Waals surface area contributed by atoms with Crippen LogP contribution in [0.15, 0.2) is 41.9 Å². The van der Waals surface area contributed by atoms with Crippen LogP contribution < -0.4 is 10.1 Å². The number of hydrogen-bond acceptors (Lipinski definition) is 4. The summed E-state index contributed by atoms with van der Waals surface area (Å²) in [7, 11) is 1.87. The van der Waals surface area contributed by atoms with Crippen LogP contribution in [0, 0.1) is 12.7 Å². The summed E-state index contributed by atoms with van der Waals surface area (Å²) in [6, 6.07) is 7.65. The van der Waals surface area contributed by atoms with Gasteiger partial charge in [0, 0.05) is 30.4 Å². The number of nitrogens with one attached hydrogen (secondary N) is 1. The van der Waals surface area contributed by atoms with Gasteiger partial charge in [0.25, 0.3) is 5.91 Å². The molecule has 25 heavy (non-hydrogen) atoms. The molecule has 3 aromatic rings. The zero-order valence-corrected chi connectivity index (χ0v) is 14.8. The molecule has 0 spiro atoms. The van der Waals surface area contributed by atoms with Crippen LogP contribution >= 0.6 is 11.3 Å². The first-order valence-electron chi connectivity index (χ1n) is 7.74. The predicted octanol–water partition coefficient (Wildman–Crippen LogP) is 3.44. The van der Waals surface area contributed by atoms with E-state index < -0.39 is 0 Å². The molecule has 3 rings (SSSR count). The van der Waals surface area contributed by atoms with Crippen molar-refractivity contribution in [2.75, 3.05) is 0 Å². The molecule has 0 aliphatic carbocycles. The monoisotopic (exact) mass is 359 g/mol. The van der Waals surface area contributed by atoms with Crippen LogP contribution in [0.3, 0.4) is 0 Å². The van der Waals surface area contributed by atoms with Gasteiger partial charge in [-0.15, -0.1) is 11.3 Å². The van der Waals surface area contributed by atoms with Crippen molar-refractivity contribution in [1.82, 2.24) is 15.1 Å². The summed E-state index contributed by atoms with van der Waals surface area (Å²) in [5.74, 6) is 0.164. The number of hydrogen-bond donors (Lipinski definition) is 1. The van der Waals surface area contributed by atoms with Crippen LogP contribution in [0.1, 0.15) is 26.5 Å². The Morgan fingerprint density at radius 2 is 2.12 bits per heavy atom. The molecule has 0 radical (unpaired) electrons. The van der Waals surface area contributed by atoms with Gasteiger partial charge in [-0.05, 0) is 42.6 Å². The first-order chi connectivity index (χ1) is 12.0. The van der Waals surface area contributed by atoms with E-state index in [1.54, 1.807) is 29.1 Å². The maximum absolute atomic E-state index is 12.9. The third-order valence-electron chi connectivity index (χ3n) is 3.87. The smallest absolute Gasteiger partial charge is 0.261 e. The van der Waals surface area contributed by atoms with Crippen molar-refractivity contribution < 1.29 is 13.9 Å². The van der Waals surface area contributed by atoms with Crippen LogP contribution in [0.2, 0.25) is 0 Å². The molecule has 0 saturated heterocycles. The lowest BCUT2D eigenvalue weighted by molar-refractivity contribution is 0.0955. The second-order valence-corrected chi connectivity index (χ2v) is 6.53. The number of carbonyl (C=O) groups is 1. The lowest BCUT2D eigenvalue weighted by Gasteiger charge is -2.04. The van der Waals surface area contributed by atoms with Crippen molar-refractivity contribution in [1.29, 1.82) is 0 Å². The van der Waals surface area contributed by atoms with Crippen molar-refractivity contribution in [2.45, 2.75) is 20.1 Å². The average Bonchev–Trinajstić information content (AvgIpc) is 3.21. The Hall–Kier alpha value is -2.67. The van der Waals surface area contributed by atoms with E-state index in [4.69, 9.17) is 4.74 Å². The minimum Gasteiger partial charge on any atom is -0.489 e. The van der Waals surface area contributed by atoms with Crippen LogP contribution in [0.4, 0.5) is 4.39 Å². The summed E-state index contributed by atoms with van der Waals surface area (Å²) in [4.78, 5) is 12.9. The average molecular weight is 359 g/mol. The Balaban J connectivity index is 1.54.